The Morgan fingerprint density at radius 1 is 1.37 bits per heavy atom. The van der Waals surface area contributed by atoms with Crippen LogP contribution in [-0.4, -0.2) is 23.1 Å². The third-order valence-electron chi connectivity index (χ3n) is 2.71. The molecule has 0 aliphatic heterocycles. The van der Waals surface area contributed by atoms with Crippen LogP contribution >= 0.6 is 0 Å². The maximum Gasteiger partial charge on any atom is 0.326 e. The van der Waals surface area contributed by atoms with E-state index >= 15 is 0 Å². The number of rotatable bonds is 5. The second-order valence-electron chi connectivity index (χ2n) is 4.19. The van der Waals surface area contributed by atoms with E-state index in [1.54, 1.807) is 26.0 Å². The largest absolute Gasteiger partial charge is 0.480 e. The first kappa shape index (κ1) is 14.9. The summed E-state index contributed by atoms with van der Waals surface area (Å²) in [6.45, 7) is 3.35. The molecule has 0 radical (unpaired) electrons. The zero-order valence-electron chi connectivity index (χ0n) is 10.8. The molecule has 2 atom stereocenters. The first-order valence-electron chi connectivity index (χ1n) is 5.99. The van der Waals surface area contributed by atoms with Crippen molar-refractivity contribution in [2.24, 2.45) is 0 Å². The summed E-state index contributed by atoms with van der Waals surface area (Å²) in [7, 11) is 0. The lowest BCUT2D eigenvalue weighted by molar-refractivity contribution is -0.139. The summed E-state index contributed by atoms with van der Waals surface area (Å²) in [5.74, 6) is -1.47. The van der Waals surface area contributed by atoms with Crippen LogP contribution in [0.2, 0.25) is 0 Å². The van der Waals surface area contributed by atoms with Gasteiger partial charge >= 0.3 is 12.0 Å². The minimum atomic E-state index is -1.09. The van der Waals surface area contributed by atoms with Gasteiger partial charge in [-0.3, -0.25) is 0 Å². The molecule has 0 aliphatic carbocycles. The molecule has 0 aromatic heterocycles. The molecule has 1 rings (SSSR count). The Hall–Kier alpha value is -2.11. The van der Waals surface area contributed by atoms with Crippen LogP contribution in [0.1, 0.15) is 31.9 Å². The smallest absolute Gasteiger partial charge is 0.326 e. The molecule has 0 saturated heterocycles. The van der Waals surface area contributed by atoms with E-state index in [0.29, 0.717) is 5.56 Å². The molecule has 19 heavy (non-hydrogen) atoms. The summed E-state index contributed by atoms with van der Waals surface area (Å²) in [6.07, 6.45) is 0.289. The minimum Gasteiger partial charge on any atom is -0.480 e. The number of hydrogen-bond acceptors (Lipinski definition) is 2. The molecule has 3 N–H and O–H groups in total. The average Bonchev–Trinajstić information content (AvgIpc) is 2.35. The fourth-order valence-electron chi connectivity index (χ4n) is 1.59. The molecule has 6 heteroatoms. The van der Waals surface area contributed by atoms with Crippen LogP contribution < -0.4 is 10.6 Å². The lowest BCUT2D eigenvalue weighted by Crippen LogP contribution is -2.46. The molecule has 0 heterocycles. The van der Waals surface area contributed by atoms with Gasteiger partial charge in [-0.15, -0.1) is 0 Å². The fourth-order valence-corrected chi connectivity index (χ4v) is 1.59. The SMILES string of the molecule is CC[C@H](NC(=O)NC(C)c1cccc(F)c1)C(=O)O. The van der Waals surface area contributed by atoms with Crippen molar-refractivity contribution >= 4 is 12.0 Å². The van der Waals surface area contributed by atoms with Gasteiger partial charge in [-0.1, -0.05) is 19.1 Å². The lowest BCUT2D eigenvalue weighted by Gasteiger charge is -2.17. The zero-order valence-corrected chi connectivity index (χ0v) is 10.8. The lowest BCUT2D eigenvalue weighted by atomic mass is 10.1. The first-order valence-corrected chi connectivity index (χ1v) is 5.99. The quantitative estimate of drug-likeness (QED) is 0.764. The maximum atomic E-state index is 13.0. The topological polar surface area (TPSA) is 78.4 Å². The fraction of sp³-hybridized carbons (Fsp3) is 0.385. The molecule has 5 nitrogen and oxygen atoms in total. The average molecular weight is 268 g/mol. The summed E-state index contributed by atoms with van der Waals surface area (Å²) in [6, 6.07) is 3.93. The molecule has 1 aromatic carbocycles. The van der Waals surface area contributed by atoms with E-state index in [1.165, 1.54) is 12.1 Å². The van der Waals surface area contributed by atoms with Crippen LogP contribution in [0.3, 0.4) is 0 Å². The van der Waals surface area contributed by atoms with Crippen molar-refractivity contribution in [3.8, 4) is 0 Å². The van der Waals surface area contributed by atoms with Gasteiger partial charge in [-0.05, 0) is 31.0 Å². The molecule has 104 valence electrons. The highest BCUT2D eigenvalue weighted by Gasteiger charge is 2.18. The monoisotopic (exact) mass is 268 g/mol. The number of carbonyl (C=O) groups excluding carboxylic acids is 1. The predicted octanol–water partition coefficient (Wildman–Crippen LogP) is 2.05. The highest BCUT2D eigenvalue weighted by Crippen LogP contribution is 2.13. The number of benzene rings is 1. The van der Waals surface area contributed by atoms with E-state index < -0.39 is 24.1 Å². The number of urea groups is 1. The summed E-state index contributed by atoms with van der Waals surface area (Å²) in [5.41, 5.74) is 0.610. The van der Waals surface area contributed by atoms with E-state index in [0.717, 1.165) is 0 Å². The van der Waals surface area contributed by atoms with Crippen molar-refractivity contribution in [2.75, 3.05) is 0 Å². The number of carboxylic acids is 1. The van der Waals surface area contributed by atoms with Gasteiger partial charge in [0.05, 0.1) is 6.04 Å². The van der Waals surface area contributed by atoms with Crippen molar-refractivity contribution in [2.45, 2.75) is 32.4 Å². The van der Waals surface area contributed by atoms with Crippen molar-refractivity contribution in [1.29, 1.82) is 0 Å². The molecule has 0 aliphatic rings. The number of amides is 2. The summed E-state index contributed by atoms with van der Waals surface area (Å²) in [4.78, 5) is 22.4. The van der Waals surface area contributed by atoms with E-state index in [2.05, 4.69) is 10.6 Å². The van der Waals surface area contributed by atoms with Crippen LogP contribution in [0.5, 0.6) is 0 Å². The van der Waals surface area contributed by atoms with Gasteiger partial charge in [0.1, 0.15) is 11.9 Å². The van der Waals surface area contributed by atoms with E-state index in [4.69, 9.17) is 5.11 Å². The van der Waals surface area contributed by atoms with Gasteiger partial charge in [-0.2, -0.15) is 0 Å². The minimum absolute atomic E-state index is 0.289. The summed E-state index contributed by atoms with van der Waals surface area (Å²) < 4.78 is 13.0. The normalized spacial score (nSPS) is 13.4. The van der Waals surface area contributed by atoms with Crippen LogP contribution in [0.4, 0.5) is 9.18 Å². The Kier molecular flexibility index (Phi) is 5.29. The molecular formula is C13H17FN2O3. The van der Waals surface area contributed by atoms with Crippen LogP contribution in [0.15, 0.2) is 24.3 Å². The van der Waals surface area contributed by atoms with Crippen LogP contribution in [0.25, 0.3) is 0 Å². The molecule has 0 bridgehead atoms. The highest BCUT2D eigenvalue weighted by molar-refractivity contribution is 5.82. The molecule has 0 fully saturated rings. The Morgan fingerprint density at radius 2 is 2.05 bits per heavy atom. The van der Waals surface area contributed by atoms with Gasteiger partial charge in [0.2, 0.25) is 0 Å². The van der Waals surface area contributed by atoms with Gasteiger partial charge in [0.15, 0.2) is 0 Å². The van der Waals surface area contributed by atoms with Crippen LogP contribution in [-0.2, 0) is 4.79 Å². The number of carboxylic acid groups (broad SMARTS) is 1. The van der Waals surface area contributed by atoms with Gasteiger partial charge in [0.25, 0.3) is 0 Å². The summed E-state index contributed by atoms with van der Waals surface area (Å²) >= 11 is 0. The van der Waals surface area contributed by atoms with Crippen molar-refractivity contribution in [3.63, 3.8) is 0 Å². The predicted molar refractivity (Wildman–Crippen MR) is 68.2 cm³/mol. The van der Waals surface area contributed by atoms with E-state index in [1.807, 2.05) is 0 Å². The zero-order chi connectivity index (χ0) is 14.4. The molecule has 2 amide bonds. The Balaban J connectivity index is 2.59. The molecule has 0 spiro atoms. The van der Waals surface area contributed by atoms with E-state index in [9.17, 15) is 14.0 Å². The molecular weight excluding hydrogens is 251 g/mol. The van der Waals surface area contributed by atoms with Crippen LogP contribution in [0, 0.1) is 5.82 Å². The number of aliphatic carboxylic acids is 1. The van der Waals surface area contributed by atoms with Crippen molar-refractivity contribution in [3.05, 3.63) is 35.6 Å². The molecule has 1 aromatic rings. The second kappa shape index (κ2) is 6.72. The Morgan fingerprint density at radius 3 is 2.58 bits per heavy atom. The van der Waals surface area contributed by atoms with Gasteiger partial charge in [-0.25, -0.2) is 14.0 Å². The number of hydrogen-bond donors (Lipinski definition) is 3. The number of nitrogens with one attached hydrogen (secondary N) is 2. The first-order chi connectivity index (χ1) is 8.93. The second-order valence-corrected chi connectivity index (χ2v) is 4.19. The summed E-state index contributed by atoms with van der Waals surface area (Å²) in [5, 5.41) is 13.7. The third kappa shape index (κ3) is 4.57. The van der Waals surface area contributed by atoms with Gasteiger partial charge < -0.3 is 15.7 Å². The highest BCUT2D eigenvalue weighted by atomic mass is 19.1. The van der Waals surface area contributed by atoms with Crippen molar-refractivity contribution in [1.82, 2.24) is 10.6 Å². The number of carbonyl (C=O) groups is 2. The standard InChI is InChI=1S/C13H17FN2O3/c1-3-11(12(17)18)16-13(19)15-8(2)9-5-4-6-10(14)7-9/h4-8,11H,3H2,1-2H3,(H,17,18)(H2,15,16,19)/t8?,11-/m0/s1. The van der Waals surface area contributed by atoms with Gasteiger partial charge in [0, 0.05) is 0 Å². The Labute approximate surface area is 110 Å². The Bertz CT molecular complexity index is 465. The maximum absolute atomic E-state index is 13.0. The molecule has 1 unspecified atom stereocenters. The van der Waals surface area contributed by atoms with E-state index in [-0.39, 0.29) is 12.2 Å². The van der Waals surface area contributed by atoms with Crippen molar-refractivity contribution < 1.29 is 19.1 Å². The third-order valence-corrected chi connectivity index (χ3v) is 2.71. The number of halogens is 1. The molecule has 0 saturated carbocycles.